The first kappa shape index (κ1) is 28.7. The molecule has 0 aliphatic carbocycles. The number of rotatable bonds is 11. The second-order valence-electron chi connectivity index (χ2n) is 9.45. The van der Waals surface area contributed by atoms with Crippen molar-refractivity contribution in [3.63, 3.8) is 0 Å². The third-order valence-electron chi connectivity index (χ3n) is 6.42. The number of fused-ring (bicyclic) bond motifs is 1. The van der Waals surface area contributed by atoms with E-state index < -0.39 is 11.8 Å². The summed E-state index contributed by atoms with van der Waals surface area (Å²) < 4.78 is 11.0. The number of nitriles is 1. The minimum absolute atomic E-state index is 0.0850. The number of methoxy groups -OCH3 is 1. The molecule has 1 unspecified atom stereocenters. The molecule has 0 spiro atoms. The maximum atomic E-state index is 13.5. The van der Waals surface area contributed by atoms with E-state index in [-0.39, 0.29) is 30.7 Å². The van der Waals surface area contributed by atoms with Gasteiger partial charge in [-0.3, -0.25) is 14.4 Å². The molecule has 1 aromatic heterocycles. The van der Waals surface area contributed by atoms with Crippen LogP contribution in [0.3, 0.4) is 0 Å². The summed E-state index contributed by atoms with van der Waals surface area (Å²) in [6, 6.07) is 22.7. The molecule has 0 saturated carbocycles. The summed E-state index contributed by atoms with van der Waals surface area (Å²) in [6.07, 6.45) is 0.720. The van der Waals surface area contributed by atoms with Crippen LogP contribution in [0.4, 0.5) is 5.69 Å². The Hall–Kier alpha value is -5.30. The van der Waals surface area contributed by atoms with Crippen molar-refractivity contribution < 1.29 is 23.9 Å². The number of ether oxygens (including phenoxy) is 2. The number of aromatic nitrogens is 1. The molecule has 3 aromatic carbocycles. The number of nitrogens with zero attached hydrogens (tertiary/aromatic N) is 2. The number of para-hydroxylation sites is 1. The summed E-state index contributed by atoms with van der Waals surface area (Å²) in [5.74, 6) is 0.523. The lowest BCUT2D eigenvalue weighted by Crippen LogP contribution is -2.46. The van der Waals surface area contributed by atoms with Crippen LogP contribution in [-0.2, 0) is 9.59 Å². The number of nitrogens with one attached hydrogen (secondary N) is 3. The monoisotopic (exact) mass is 553 g/mol. The molecule has 210 valence electrons. The molecule has 0 aliphatic heterocycles. The van der Waals surface area contributed by atoms with Crippen LogP contribution in [0, 0.1) is 11.3 Å². The van der Waals surface area contributed by atoms with Crippen LogP contribution in [-0.4, -0.2) is 53.8 Å². The first-order valence-electron chi connectivity index (χ1n) is 13.1. The summed E-state index contributed by atoms with van der Waals surface area (Å²) >= 11 is 0. The van der Waals surface area contributed by atoms with Gasteiger partial charge in [-0.2, -0.15) is 5.26 Å². The number of anilines is 1. The van der Waals surface area contributed by atoms with Crippen LogP contribution in [0.2, 0.25) is 0 Å². The van der Waals surface area contributed by atoms with E-state index in [2.05, 4.69) is 21.7 Å². The number of aromatic amines is 1. The summed E-state index contributed by atoms with van der Waals surface area (Å²) in [6.45, 7) is 3.12. The Morgan fingerprint density at radius 3 is 2.22 bits per heavy atom. The molecule has 0 bridgehead atoms. The first-order chi connectivity index (χ1) is 19.8. The lowest BCUT2D eigenvalue weighted by Gasteiger charge is -2.22. The highest BCUT2D eigenvalue weighted by Crippen LogP contribution is 2.25. The highest BCUT2D eigenvalue weighted by atomic mass is 16.5. The third-order valence-corrected chi connectivity index (χ3v) is 6.42. The third kappa shape index (κ3) is 7.42. The highest BCUT2D eigenvalue weighted by molar-refractivity contribution is 6.03. The van der Waals surface area contributed by atoms with Crippen LogP contribution >= 0.6 is 0 Å². The number of carbonyl (C=O) groups excluding carboxylic acids is 3. The van der Waals surface area contributed by atoms with E-state index in [1.54, 1.807) is 79.9 Å². The zero-order chi connectivity index (χ0) is 29.4. The van der Waals surface area contributed by atoms with Gasteiger partial charge in [0.15, 0.2) is 0 Å². The van der Waals surface area contributed by atoms with Crippen molar-refractivity contribution in [2.45, 2.75) is 26.3 Å². The average Bonchev–Trinajstić information content (AvgIpc) is 3.42. The Kier molecular flexibility index (Phi) is 9.22. The molecule has 0 radical (unpaired) electrons. The standard InChI is InChI=1S/C31H31N5O5/c1-4-20(2)33-28(37)18-36(31(39)27-16-21-6-5-7-22(17-32)30(21)35-27)19-29(38)34-23-8-10-25(11-9-23)41-26-14-12-24(40-3)13-15-26/h5-16,20,35H,4,18-19H2,1-3H3,(H,33,37)(H,34,38). The van der Waals surface area contributed by atoms with Crippen LogP contribution in [0.1, 0.15) is 36.3 Å². The molecule has 0 fully saturated rings. The van der Waals surface area contributed by atoms with Gasteiger partial charge in [0.05, 0.1) is 18.2 Å². The van der Waals surface area contributed by atoms with Gasteiger partial charge >= 0.3 is 0 Å². The molecular formula is C31H31N5O5. The van der Waals surface area contributed by atoms with Crippen LogP contribution in [0.15, 0.2) is 72.8 Å². The summed E-state index contributed by atoms with van der Waals surface area (Å²) in [5, 5.41) is 15.7. The lowest BCUT2D eigenvalue weighted by atomic mass is 10.1. The first-order valence-corrected chi connectivity index (χ1v) is 13.1. The van der Waals surface area contributed by atoms with Gasteiger partial charge in [0, 0.05) is 17.1 Å². The minimum atomic E-state index is -0.539. The van der Waals surface area contributed by atoms with Crippen molar-refractivity contribution in [3.05, 3.63) is 84.1 Å². The second-order valence-corrected chi connectivity index (χ2v) is 9.45. The minimum Gasteiger partial charge on any atom is -0.497 e. The zero-order valence-corrected chi connectivity index (χ0v) is 23.1. The number of hydrogen-bond acceptors (Lipinski definition) is 6. The summed E-state index contributed by atoms with van der Waals surface area (Å²) in [7, 11) is 1.59. The number of carbonyl (C=O) groups is 3. The lowest BCUT2D eigenvalue weighted by molar-refractivity contribution is -0.123. The predicted molar refractivity (Wildman–Crippen MR) is 155 cm³/mol. The van der Waals surface area contributed by atoms with Crippen LogP contribution in [0.25, 0.3) is 10.9 Å². The molecule has 3 amide bonds. The van der Waals surface area contributed by atoms with Crippen LogP contribution < -0.4 is 20.1 Å². The van der Waals surface area contributed by atoms with Crippen LogP contribution in [0.5, 0.6) is 17.2 Å². The normalized spacial score (nSPS) is 11.3. The SMILES string of the molecule is CCC(C)NC(=O)CN(CC(=O)Nc1ccc(Oc2ccc(OC)cc2)cc1)C(=O)c1cc2cccc(C#N)c2[nH]1. The largest absolute Gasteiger partial charge is 0.497 e. The van der Waals surface area contributed by atoms with Gasteiger partial charge in [0.2, 0.25) is 11.8 Å². The molecule has 4 aromatic rings. The smallest absolute Gasteiger partial charge is 0.271 e. The van der Waals surface area contributed by atoms with Crippen molar-refractivity contribution in [2.24, 2.45) is 0 Å². The Bertz CT molecular complexity index is 1570. The number of H-pyrrole nitrogens is 1. The molecule has 1 atom stereocenters. The molecule has 10 heteroatoms. The molecule has 0 aliphatic rings. The quantitative estimate of drug-likeness (QED) is 0.243. The van der Waals surface area contributed by atoms with Crippen molar-refractivity contribution in [3.8, 4) is 23.3 Å². The maximum Gasteiger partial charge on any atom is 0.271 e. The summed E-state index contributed by atoms with van der Waals surface area (Å²) in [4.78, 5) is 43.3. The fraction of sp³-hybridized carbons (Fsp3) is 0.226. The topological polar surface area (TPSA) is 137 Å². The highest BCUT2D eigenvalue weighted by Gasteiger charge is 2.24. The predicted octanol–water partition coefficient (Wildman–Crippen LogP) is 4.84. The second kappa shape index (κ2) is 13.2. The maximum absolute atomic E-state index is 13.5. The zero-order valence-electron chi connectivity index (χ0n) is 23.1. The number of benzene rings is 3. The van der Waals surface area contributed by atoms with E-state index in [1.165, 1.54) is 4.90 Å². The average molecular weight is 554 g/mol. The van der Waals surface area contributed by atoms with Crippen molar-refractivity contribution in [1.82, 2.24) is 15.2 Å². The van der Waals surface area contributed by atoms with Gasteiger partial charge in [-0.1, -0.05) is 19.1 Å². The number of hydrogen-bond donors (Lipinski definition) is 3. The fourth-order valence-corrected chi connectivity index (χ4v) is 4.09. The van der Waals surface area contributed by atoms with E-state index in [9.17, 15) is 19.6 Å². The molecule has 1 heterocycles. The van der Waals surface area contributed by atoms with E-state index in [1.807, 2.05) is 13.8 Å². The van der Waals surface area contributed by atoms with Gasteiger partial charge < -0.3 is 30.0 Å². The van der Waals surface area contributed by atoms with E-state index in [4.69, 9.17) is 9.47 Å². The van der Waals surface area contributed by atoms with Gasteiger partial charge in [0.25, 0.3) is 5.91 Å². The van der Waals surface area contributed by atoms with Gasteiger partial charge in [-0.15, -0.1) is 0 Å². The van der Waals surface area contributed by atoms with E-state index in [0.29, 0.717) is 33.7 Å². The van der Waals surface area contributed by atoms with Crippen molar-refractivity contribution in [1.29, 1.82) is 5.26 Å². The van der Waals surface area contributed by atoms with Crippen molar-refractivity contribution >= 4 is 34.3 Å². The molecular weight excluding hydrogens is 522 g/mol. The van der Waals surface area contributed by atoms with E-state index >= 15 is 0 Å². The molecule has 41 heavy (non-hydrogen) atoms. The Labute approximate surface area is 237 Å². The van der Waals surface area contributed by atoms with Gasteiger partial charge in [-0.25, -0.2) is 0 Å². The van der Waals surface area contributed by atoms with E-state index in [0.717, 1.165) is 12.2 Å². The Morgan fingerprint density at radius 1 is 0.951 bits per heavy atom. The Morgan fingerprint density at radius 2 is 1.59 bits per heavy atom. The number of amides is 3. The molecule has 10 nitrogen and oxygen atoms in total. The van der Waals surface area contributed by atoms with Gasteiger partial charge in [0.1, 0.15) is 42.1 Å². The fourth-order valence-electron chi connectivity index (χ4n) is 4.09. The Balaban J connectivity index is 1.46. The molecule has 4 rings (SSSR count). The molecule has 0 saturated heterocycles. The summed E-state index contributed by atoms with van der Waals surface area (Å²) in [5.41, 5.74) is 1.58. The molecule has 3 N–H and O–H groups in total. The van der Waals surface area contributed by atoms with Crippen molar-refractivity contribution in [2.75, 3.05) is 25.5 Å². The van der Waals surface area contributed by atoms with Gasteiger partial charge in [-0.05, 0) is 74.0 Å².